The van der Waals surface area contributed by atoms with E-state index in [4.69, 9.17) is 9.26 Å². The lowest BCUT2D eigenvalue weighted by molar-refractivity contribution is 0.166. The van der Waals surface area contributed by atoms with E-state index in [9.17, 15) is 12.8 Å². The Morgan fingerprint density at radius 1 is 1.20 bits per heavy atom. The quantitative estimate of drug-likeness (QED) is 0.366. The van der Waals surface area contributed by atoms with E-state index in [0.29, 0.717) is 28.8 Å². The summed E-state index contributed by atoms with van der Waals surface area (Å²) in [5.74, 6) is 1.24. The zero-order chi connectivity index (χ0) is 24.7. The number of ether oxygens (including phenoxy) is 1. The summed E-state index contributed by atoms with van der Waals surface area (Å²) < 4.78 is 50.6. The smallest absolute Gasteiger partial charge is 0.266 e. The summed E-state index contributed by atoms with van der Waals surface area (Å²) in [5.41, 5.74) is 1.42. The van der Waals surface area contributed by atoms with Crippen molar-refractivity contribution in [2.45, 2.75) is 43.6 Å². The number of benzene rings is 1. The summed E-state index contributed by atoms with van der Waals surface area (Å²) in [7, 11) is -3.50. The number of fused-ring (bicyclic) bond motifs is 1. The van der Waals surface area contributed by atoms with Gasteiger partial charge in [-0.25, -0.2) is 22.8 Å². The van der Waals surface area contributed by atoms with Crippen LogP contribution in [0.2, 0.25) is 0 Å². The Hall–Kier alpha value is -3.12. The predicted octanol–water partition coefficient (Wildman–Crippen LogP) is 4.46. The highest BCUT2D eigenvalue weighted by Gasteiger charge is 2.26. The summed E-state index contributed by atoms with van der Waals surface area (Å²) in [6, 6.07) is 3.90. The highest BCUT2D eigenvalue weighted by molar-refractivity contribution is 7.90. The first-order valence-corrected chi connectivity index (χ1v) is 13.9. The molecule has 0 saturated carbocycles. The number of hydrogen-bond donors (Lipinski definition) is 0. The Kier molecular flexibility index (Phi) is 6.18. The zero-order valence-corrected chi connectivity index (χ0v) is 21.1. The van der Waals surface area contributed by atoms with Crippen LogP contribution in [0.5, 0.6) is 5.88 Å². The molecule has 3 aromatic heterocycles. The minimum atomic E-state index is -3.50. The summed E-state index contributed by atoms with van der Waals surface area (Å²) >= 11 is 1.37. The maximum atomic E-state index is 14.8. The van der Waals surface area contributed by atoms with Crippen LogP contribution in [0.4, 0.5) is 10.3 Å². The van der Waals surface area contributed by atoms with Crippen molar-refractivity contribution < 1.29 is 22.1 Å². The molecule has 0 aliphatic carbocycles. The van der Waals surface area contributed by atoms with E-state index < -0.39 is 15.7 Å². The predicted molar refractivity (Wildman–Crippen MR) is 130 cm³/mol. The number of aromatic nitrogens is 4. The molecule has 1 saturated heterocycles. The van der Waals surface area contributed by atoms with Gasteiger partial charge in [0, 0.05) is 54.6 Å². The highest BCUT2D eigenvalue weighted by atomic mass is 32.2. The van der Waals surface area contributed by atoms with Crippen LogP contribution in [0.15, 0.2) is 39.3 Å². The standard InChI is InChI=1S/C23H24FN5O4S2/c1-13(2)21-27-23(28-33-21)29-8-6-14(7-9-29)32-22-20-19(25-12-26-22)17(11-34-20)16-5-4-15(10-18(16)24)35(3,30)31/h4-5,10-14H,6-9H2,1-3H3. The molecule has 0 amide bonds. The SMILES string of the molecule is CC(C)c1nc(N2CCC(Oc3ncnc4c(-c5ccc(S(C)(=O)=O)cc5F)csc34)CC2)no1. The van der Waals surface area contributed by atoms with Gasteiger partial charge in [0.15, 0.2) is 9.84 Å². The number of sulfone groups is 1. The molecule has 4 aromatic rings. The van der Waals surface area contributed by atoms with Crippen molar-refractivity contribution in [1.82, 2.24) is 20.1 Å². The summed E-state index contributed by atoms with van der Waals surface area (Å²) in [5, 5.41) is 5.87. The van der Waals surface area contributed by atoms with Gasteiger partial charge >= 0.3 is 0 Å². The molecular weight excluding hydrogens is 493 g/mol. The van der Waals surface area contributed by atoms with Gasteiger partial charge in [-0.05, 0) is 17.3 Å². The van der Waals surface area contributed by atoms with E-state index in [1.165, 1.54) is 29.8 Å². The van der Waals surface area contributed by atoms with Crippen LogP contribution in [0.3, 0.4) is 0 Å². The van der Waals surface area contributed by atoms with Crippen molar-refractivity contribution in [3.05, 3.63) is 41.6 Å². The number of piperidine rings is 1. The molecule has 9 nitrogen and oxygen atoms in total. The number of hydrogen-bond acceptors (Lipinski definition) is 10. The second-order valence-corrected chi connectivity index (χ2v) is 11.7. The van der Waals surface area contributed by atoms with E-state index in [-0.39, 0.29) is 22.5 Å². The van der Waals surface area contributed by atoms with Crippen molar-refractivity contribution in [1.29, 1.82) is 0 Å². The lowest BCUT2D eigenvalue weighted by atomic mass is 10.1. The van der Waals surface area contributed by atoms with Crippen molar-refractivity contribution in [3.63, 3.8) is 0 Å². The number of nitrogens with zero attached hydrogens (tertiary/aromatic N) is 5. The van der Waals surface area contributed by atoms with E-state index >= 15 is 0 Å². The number of halogens is 1. The van der Waals surface area contributed by atoms with Gasteiger partial charge in [-0.15, -0.1) is 11.3 Å². The molecule has 0 atom stereocenters. The fraction of sp³-hybridized carbons (Fsp3) is 0.391. The summed E-state index contributed by atoms with van der Waals surface area (Å²) in [6.07, 6.45) is 3.93. The first-order valence-electron chi connectivity index (χ1n) is 11.2. The van der Waals surface area contributed by atoms with Crippen molar-refractivity contribution >= 4 is 37.3 Å². The highest BCUT2D eigenvalue weighted by Crippen LogP contribution is 2.38. The Morgan fingerprint density at radius 3 is 2.63 bits per heavy atom. The van der Waals surface area contributed by atoms with Crippen LogP contribution in [0.25, 0.3) is 21.3 Å². The van der Waals surface area contributed by atoms with Gasteiger partial charge in [0.25, 0.3) is 5.95 Å². The van der Waals surface area contributed by atoms with Crippen LogP contribution in [-0.4, -0.2) is 54.0 Å². The Labute approximate surface area is 205 Å². The normalized spacial score (nSPS) is 15.3. The van der Waals surface area contributed by atoms with Crippen LogP contribution in [-0.2, 0) is 9.84 Å². The third kappa shape index (κ3) is 4.72. The first kappa shape index (κ1) is 23.6. The molecule has 4 heterocycles. The Morgan fingerprint density at radius 2 is 1.97 bits per heavy atom. The molecule has 1 aromatic carbocycles. The molecular formula is C23H24FN5O4S2. The van der Waals surface area contributed by atoms with Crippen molar-refractivity contribution in [2.24, 2.45) is 0 Å². The third-order valence-electron chi connectivity index (χ3n) is 5.91. The fourth-order valence-electron chi connectivity index (χ4n) is 3.97. The first-order chi connectivity index (χ1) is 16.7. The molecule has 0 unspecified atom stereocenters. The second kappa shape index (κ2) is 9.15. The van der Waals surface area contributed by atoms with Crippen LogP contribution in [0, 0.1) is 5.82 Å². The maximum absolute atomic E-state index is 14.8. The second-order valence-electron chi connectivity index (χ2n) is 8.81. The van der Waals surface area contributed by atoms with Crippen LogP contribution >= 0.6 is 11.3 Å². The van der Waals surface area contributed by atoms with E-state index in [0.717, 1.165) is 43.0 Å². The molecule has 35 heavy (non-hydrogen) atoms. The van der Waals surface area contributed by atoms with Gasteiger partial charge in [-0.1, -0.05) is 19.9 Å². The molecule has 0 radical (unpaired) electrons. The number of rotatable bonds is 6. The molecule has 12 heteroatoms. The van der Waals surface area contributed by atoms with Crippen molar-refractivity contribution in [2.75, 3.05) is 24.2 Å². The molecule has 0 bridgehead atoms. The summed E-state index contributed by atoms with van der Waals surface area (Å²) in [4.78, 5) is 15.2. The average molecular weight is 518 g/mol. The van der Waals surface area contributed by atoms with E-state index in [1.807, 2.05) is 13.8 Å². The van der Waals surface area contributed by atoms with Gasteiger partial charge in [0.2, 0.25) is 11.8 Å². The Balaban J connectivity index is 1.33. The third-order valence-corrected chi connectivity index (χ3v) is 7.98. The van der Waals surface area contributed by atoms with Gasteiger partial charge in [0.1, 0.15) is 22.9 Å². The zero-order valence-electron chi connectivity index (χ0n) is 19.4. The topological polar surface area (TPSA) is 111 Å². The largest absolute Gasteiger partial charge is 0.473 e. The van der Waals surface area contributed by atoms with Gasteiger partial charge in [-0.3, -0.25) is 0 Å². The van der Waals surface area contributed by atoms with Gasteiger partial charge in [0.05, 0.1) is 10.4 Å². The summed E-state index contributed by atoms with van der Waals surface area (Å²) in [6.45, 7) is 5.47. The molecule has 0 spiro atoms. The molecule has 1 fully saturated rings. The monoisotopic (exact) mass is 517 g/mol. The lowest BCUT2D eigenvalue weighted by Gasteiger charge is -2.30. The molecule has 1 aliphatic heterocycles. The Bertz CT molecular complexity index is 1480. The minimum Gasteiger partial charge on any atom is -0.473 e. The van der Waals surface area contributed by atoms with E-state index in [1.54, 1.807) is 5.38 Å². The van der Waals surface area contributed by atoms with Crippen LogP contribution < -0.4 is 9.64 Å². The van der Waals surface area contributed by atoms with Crippen molar-refractivity contribution in [3.8, 4) is 17.0 Å². The van der Waals surface area contributed by atoms with Gasteiger partial charge < -0.3 is 14.2 Å². The molecule has 5 rings (SSSR count). The fourth-order valence-corrected chi connectivity index (χ4v) is 5.55. The van der Waals surface area contributed by atoms with Crippen LogP contribution in [0.1, 0.15) is 38.5 Å². The number of thiophene rings is 1. The lowest BCUT2D eigenvalue weighted by Crippen LogP contribution is -2.39. The average Bonchev–Trinajstić information content (AvgIpc) is 3.47. The van der Waals surface area contributed by atoms with Gasteiger partial charge in [-0.2, -0.15) is 4.98 Å². The molecule has 184 valence electrons. The number of anilines is 1. The molecule has 0 N–H and O–H groups in total. The molecule has 1 aliphatic rings. The minimum absolute atomic E-state index is 0.0443. The van der Waals surface area contributed by atoms with E-state index in [2.05, 4.69) is 25.0 Å². The maximum Gasteiger partial charge on any atom is 0.266 e.